The van der Waals surface area contributed by atoms with Crippen LogP contribution in [0.15, 0.2) is 0 Å². The van der Waals surface area contributed by atoms with E-state index in [4.69, 9.17) is 5.26 Å². The Labute approximate surface area is 119 Å². The number of nitrogens with zero attached hydrogens (tertiary/aromatic N) is 3. The Kier molecular flexibility index (Phi) is 3.41. The predicted molar refractivity (Wildman–Crippen MR) is 72.4 cm³/mol. The molecule has 2 amide bonds. The number of hydrogen-bond donors (Lipinski definition) is 0. The van der Waals surface area contributed by atoms with Crippen LogP contribution in [0.25, 0.3) is 0 Å². The average Bonchev–Trinajstić information content (AvgIpc) is 3.15. The van der Waals surface area contributed by atoms with E-state index in [-0.39, 0.29) is 29.7 Å². The highest BCUT2D eigenvalue weighted by Gasteiger charge is 2.45. The second-order valence-corrected chi connectivity index (χ2v) is 6.37. The molecule has 5 nitrogen and oxygen atoms in total. The minimum Gasteiger partial charge on any atom is -0.339 e. The van der Waals surface area contributed by atoms with Crippen molar-refractivity contribution >= 4 is 11.8 Å². The highest BCUT2D eigenvalue weighted by molar-refractivity contribution is 5.84. The molecule has 0 aromatic rings. The Morgan fingerprint density at radius 1 is 1.45 bits per heavy atom. The van der Waals surface area contributed by atoms with Crippen LogP contribution in [-0.4, -0.2) is 46.8 Å². The molecular weight excluding hydrogens is 254 g/mol. The van der Waals surface area contributed by atoms with E-state index in [1.807, 2.05) is 11.8 Å². The van der Waals surface area contributed by atoms with Gasteiger partial charge in [0.1, 0.15) is 6.04 Å². The van der Waals surface area contributed by atoms with Crippen LogP contribution in [0, 0.1) is 23.2 Å². The van der Waals surface area contributed by atoms with Crippen LogP contribution >= 0.6 is 0 Å². The quantitative estimate of drug-likeness (QED) is 0.776. The molecule has 2 saturated heterocycles. The van der Waals surface area contributed by atoms with Crippen molar-refractivity contribution < 1.29 is 9.59 Å². The van der Waals surface area contributed by atoms with Crippen molar-refractivity contribution in [3.05, 3.63) is 0 Å². The summed E-state index contributed by atoms with van der Waals surface area (Å²) in [6.45, 7) is 3.09. The Bertz CT molecular complexity index is 470. The fraction of sp³-hybridized carbons (Fsp3) is 0.800. The summed E-state index contributed by atoms with van der Waals surface area (Å²) in [5, 5.41) is 9.07. The minimum atomic E-state index is -0.268. The molecule has 4 atom stereocenters. The lowest BCUT2D eigenvalue weighted by Crippen LogP contribution is -2.45. The van der Waals surface area contributed by atoms with Crippen molar-refractivity contribution in [2.24, 2.45) is 11.8 Å². The lowest BCUT2D eigenvalue weighted by molar-refractivity contribution is -0.139. The summed E-state index contributed by atoms with van der Waals surface area (Å²) in [6, 6.07) is 2.29. The predicted octanol–water partition coefficient (Wildman–Crippen LogP) is 1.15. The van der Waals surface area contributed by atoms with Crippen molar-refractivity contribution in [2.75, 3.05) is 13.1 Å². The van der Waals surface area contributed by atoms with E-state index in [1.54, 1.807) is 4.90 Å². The molecule has 0 N–H and O–H groups in total. The van der Waals surface area contributed by atoms with Gasteiger partial charge in [-0.15, -0.1) is 0 Å². The van der Waals surface area contributed by atoms with Gasteiger partial charge in [0.05, 0.1) is 12.0 Å². The molecule has 1 aliphatic carbocycles. The second kappa shape index (κ2) is 5.08. The highest BCUT2D eigenvalue weighted by Crippen LogP contribution is 2.38. The maximum absolute atomic E-state index is 12.5. The van der Waals surface area contributed by atoms with Crippen LogP contribution in [0.2, 0.25) is 0 Å². The molecule has 0 radical (unpaired) electrons. The van der Waals surface area contributed by atoms with Crippen molar-refractivity contribution in [3.63, 3.8) is 0 Å². The first kappa shape index (κ1) is 13.4. The molecule has 0 unspecified atom stereocenters. The van der Waals surface area contributed by atoms with E-state index in [0.29, 0.717) is 19.1 Å². The van der Waals surface area contributed by atoms with Crippen molar-refractivity contribution in [2.45, 2.75) is 51.1 Å². The van der Waals surface area contributed by atoms with Crippen molar-refractivity contribution in [1.29, 1.82) is 5.26 Å². The second-order valence-electron chi connectivity index (χ2n) is 6.37. The van der Waals surface area contributed by atoms with Gasteiger partial charge in [0, 0.05) is 25.0 Å². The topological polar surface area (TPSA) is 64.4 Å². The van der Waals surface area contributed by atoms with Gasteiger partial charge < -0.3 is 9.80 Å². The standard InChI is InChI=1S/C15H21N3O2/c1-10(14(19)17-6-2-3-13(17)8-16)9-18-12-5-4-11(7-12)15(18)20/h10-13H,2-7,9H2,1H3/t10-,11-,12+,13-/m0/s1. The maximum atomic E-state index is 12.5. The van der Waals surface area contributed by atoms with E-state index in [2.05, 4.69) is 6.07 Å². The Morgan fingerprint density at radius 3 is 2.90 bits per heavy atom. The maximum Gasteiger partial charge on any atom is 0.228 e. The van der Waals surface area contributed by atoms with Crippen LogP contribution in [0.5, 0.6) is 0 Å². The summed E-state index contributed by atoms with van der Waals surface area (Å²) in [4.78, 5) is 28.2. The highest BCUT2D eigenvalue weighted by atomic mass is 16.2. The van der Waals surface area contributed by atoms with Crippen LogP contribution < -0.4 is 0 Å². The number of rotatable bonds is 3. The number of nitriles is 1. The third-order valence-electron chi connectivity index (χ3n) is 5.06. The van der Waals surface area contributed by atoms with Gasteiger partial charge in [-0.2, -0.15) is 5.26 Å². The van der Waals surface area contributed by atoms with E-state index >= 15 is 0 Å². The fourth-order valence-corrected chi connectivity index (χ4v) is 3.94. The summed E-state index contributed by atoms with van der Waals surface area (Å²) in [7, 11) is 0. The molecule has 0 aromatic carbocycles. The van der Waals surface area contributed by atoms with Gasteiger partial charge >= 0.3 is 0 Å². The largest absolute Gasteiger partial charge is 0.339 e. The number of piperidine rings is 1. The van der Waals surface area contributed by atoms with E-state index < -0.39 is 0 Å². The normalized spacial score (nSPS) is 33.6. The number of carbonyl (C=O) groups excluding carboxylic acids is 2. The first-order chi connectivity index (χ1) is 9.61. The SMILES string of the molecule is C[C@@H](CN1C(=O)[C@H]2CC[C@@H]1C2)C(=O)N1CCC[C@H]1C#N. The number of fused-ring (bicyclic) bond motifs is 2. The fourth-order valence-electron chi connectivity index (χ4n) is 3.94. The summed E-state index contributed by atoms with van der Waals surface area (Å²) < 4.78 is 0. The molecule has 108 valence electrons. The first-order valence-corrected chi connectivity index (χ1v) is 7.62. The van der Waals surface area contributed by atoms with Gasteiger partial charge in [-0.1, -0.05) is 6.92 Å². The van der Waals surface area contributed by atoms with Crippen LogP contribution in [0.3, 0.4) is 0 Å². The molecule has 20 heavy (non-hydrogen) atoms. The molecule has 1 saturated carbocycles. The molecule has 0 aromatic heterocycles. The Hall–Kier alpha value is -1.57. The zero-order valence-corrected chi connectivity index (χ0v) is 11.9. The van der Waals surface area contributed by atoms with E-state index in [1.165, 1.54) is 0 Å². The molecule has 2 heterocycles. The van der Waals surface area contributed by atoms with Gasteiger partial charge in [0.25, 0.3) is 0 Å². The third-order valence-corrected chi connectivity index (χ3v) is 5.06. The summed E-state index contributed by atoms with van der Waals surface area (Å²) in [5.41, 5.74) is 0. The lowest BCUT2D eigenvalue weighted by Gasteiger charge is -2.31. The smallest absolute Gasteiger partial charge is 0.228 e. The molecule has 3 rings (SSSR count). The zero-order valence-electron chi connectivity index (χ0n) is 11.9. The Balaban J connectivity index is 1.62. The van der Waals surface area contributed by atoms with Crippen LogP contribution in [-0.2, 0) is 9.59 Å². The Morgan fingerprint density at radius 2 is 2.25 bits per heavy atom. The van der Waals surface area contributed by atoms with Crippen LogP contribution in [0.4, 0.5) is 0 Å². The monoisotopic (exact) mass is 275 g/mol. The third kappa shape index (κ3) is 2.07. The van der Waals surface area contributed by atoms with Gasteiger partial charge in [0.15, 0.2) is 0 Å². The molecule has 2 aliphatic heterocycles. The van der Waals surface area contributed by atoms with Crippen LogP contribution in [0.1, 0.15) is 39.0 Å². The van der Waals surface area contributed by atoms with Gasteiger partial charge in [-0.3, -0.25) is 9.59 Å². The molecule has 2 bridgehead atoms. The molecule has 3 fully saturated rings. The van der Waals surface area contributed by atoms with Crippen molar-refractivity contribution in [1.82, 2.24) is 9.80 Å². The molecule has 5 heteroatoms. The van der Waals surface area contributed by atoms with Gasteiger partial charge in [0.2, 0.25) is 11.8 Å². The molecule has 0 spiro atoms. The minimum absolute atomic E-state index is 0.0321. The van der Waals surface area contributed by atoms with E-state index in [9.17, 15) is 9.59 Å². The number of hydrogen-bond acceptors (Lipinski definition) is 3. The van der Waals surface area contributed by atoms with Crippen molar-refractivity contribution in [3.8, 4) is 6.07 Å². The molecule has 3 aliphatic rings. The summed E-state index contributed by atoms with van der Waals surface area (Å²) in [5.74, 6) is 0.275. The number of likely N-dealkylation sites (tertiary alicyclic amines) is 2. The van der Waals surface area contributed by atoms with Gasteiger partial charge in [-0.05, 0) is 32.1 Å². The van der Waals surface area contributed by atoms with Gasteiger partial charge in [-0.25, -0.2) is 0 Å². The zero-order chi connectivity index (χ0) is 14.3. The summed E-state index contributed by atoms with van der Waals surface area (Å²) in [6.07, 6.45) is 4.77. The molecular formula is C15H21N3O2. The lowest BCUT2D eigenvalue weighted by atomic mass is 10.1. The number of amides is 2. The number of carbonyl (C=O) groups is 2. The summed E-state index contributed by atoms with van der Waals surface area (Å²) >= 11 is 0. The first-order valence-electron chi connectivity index (χ1n) is 7.62. The van der Waals surface area contributed by atoms with E-state index in [0.717, 1.165) is 32.1 Å². The average molecular weight is 275 g/mol.